The van der Waals surface area contributed by atoms with E-state index in [1.54, 1.807) is 0 Å². The summed E-state index contributed by atoms with van der Waals surface area (Å²) in [4.78, 5) is 28.9. The van der Waals surface area contributed by atoms with Gasteiger partial charge in [-0.2, -0.15) is 0 Å². The number of carbonyl (C=O) groups excluding carboxylic acids is 2. The maximum Gasteiger partial charge on any atom is 0.321 e. The minimum atomic E-state index is -0.966. The van der Waals surface area contributed by atoms with Crippen LogP contribution in [0.5, 0.6) is 0 Å². The molecule has 236 valence electrons. The molecule has 44 heavy (non-hydrogen) atoms. The zero-order chi connectivity index (χ0) is 31.2. The fourth-order valence-corrected chi connectivity index (χ4v) is 9.20. The molecule has 4 aliphatic rings. The molecule has 0 aromatic heterocycles. The summed E-state index contributed by atoms with van der Waals surface area (Å²) in [7, 11) is 0. The molecular weight excluding hydrogens is 544 g/mol. The average molecular weight is 597 g/mol. The molecule has 4 aliphatic carbocycles. The SMILES string of the molecule is CC(C)[C@@H]1CC[C@@H](C)C[C@H]1OC(=O)[C@@H]1C=C[C@@]2(C(=O)O[C@@H]3C[C@H](C)CC[C@H]3C(C)C)c3c(cccc31)C[C@H]2c1ccccc1. The summed E-state index contributed by atoms with van der Waals surface area (Å²) in [5.74, 6) is 1.78. The van der Waals surface area contributed by atoms with Gasteiger partial charge in [-0.3, -0.25) is 9.59 Å². The minimum Gasteiger partial charge on any atom is -0.461 e. The van der Waals surface area contributed by atoms with Crippen molar-refractivity contribution in [3.05, 3.63) is 82.9 Å². The first-order valence-corrected chi connectivity index (χ1v) is 17.4. The van der Waals surface area contributed by atoms with Crippen LogP contribution in [0.4, 0.5) is 0 Å². The minimum absolute atomic E-state index is 0.0635. The molecule has 0 aliphatic heterocycles. The largest absolute Gasteiger partial charge is 0.461 e. The summed E-state index contributed by atoms with van der Waals surface area (Å²) in [6.45, 7) is 13.5. The molecule has 0 N–H and O–H groups in total. The maximum absolute atomic E-state index is 14.8. The molecule has 4 heteroatoms. The van der Waals surface area contributed by atoms with E-state index < -0.39 is 11.3 Å². The first kappa shape index (κ1) is 31.1. The van der Waals surface area contributed by atoms with Crippen molar-refractivity contribution in [1.82, 2.24) is 0 Å². The van der Waals surface area contributed by atoms with Gasteiger partial charge in [0, 0.05) is 5.92 Å². The Labute approximate surface area is 265 Å². The number of rotatable bonds is 7. The van der Waals surface area contributed by atoms with Gasteiger partial charge < -0.3 is 9.47 Å². The van der Waals surface area contributed by atoms with Gasteiger partial charge in [0.2, 0.25) is 0 Å². The number of hydrogen-bond donors (Lipinski definition) is 0. The summed E-state index contributed by atoms with van der Waals surface area (Å²) in [5.41, 5.74) is 3.19. The van der Waals surface area contributed by atoms with Crippen molar-refractivity contribution in [3.8, 4) is 0 Å². The smallest absolute Gasteiger partial charge is 0.321 e. The fraction of sp³-hybridized carbons (Fsp3) is 0.600. The van der Waals surface area contributed by atoms with Crippen LogP contribution < -0.4 is 0 Å². The lowest BCUT2D eigenvalue weighted by Gasteiger charge is -2.42. The summed E-state index contributed by atoms with van der Waals surface area (Å²) in [6, 6.07) is 16.6. The lowest BCUT2D eigenvalue weighted by Crippen LogP contribution is -2.46. The Kier molecular flexibility index (Phi) is 8.83. The van der Waals surface area contributed by atoms with Gasteiger partial charge in [-0.05, 0) is 89.9 Å². The number of hydrogen-bond acceptors (Lipinski definition) is 4. The van der Waals surface area contributed by atoms with Crippen molar-refractivity contribution in [2.75, 3.05) is 0 Å². The Balaban J connectivity index is 1.38. The monoisotopic (exact) mass is 596 g/mol. The summed E-state index contributed by atoms with van der Waals surface area (Å²) in [6.07, 6.45) is 11.0. The molecule has 0 bridgehead atoms. The molecule has 0 spiro atoms. The molecule has 2 fully saturated rings. The third kappa shape index (κ3) is 5.56. The van der Waals surface area contributed by atoms with Gasteiger partial charge in [-0.15, -0.1) is 0 Å². The Morgan fingerprint density at radius 1 is 0.773 bits per heavy atom. The zero-order valence-electron chi connectivity index (χ0n) is 27.6. The molecule has 0 heterocycles. The second-order valence-electron chi connectivity index (χ2n) is 15.3. The Morgan fingerprint density at radius 3 is 2.00 bits per heavy atom. The van der Waals surface area contributed by atoms with Gasteiger partial charge in [-0.25, -0.2) is 0 Å². The number of benzene rings is 2. The first-order chi connectivity index (χ1) is 21.1. The van der Waals surface area contributed by atoms with E-state index in [-0.39, 0.29) is 30.1 Å². The van der Waals surface area contributed by atoms with Gasteiger partial charge in [0.15, 0.2) is 0 Å². The van der Waals surface area contributed by atoms with Crippen LogP contribution in [0, 0.1) is 35.5 Å². The predicted molar refractivity (Wildman–Crippen MR) is 175 cm³/mol. The van der Waals surface area contributed by atoms with E-state index in [1.807, 2.05) is 30.4 Å². The first-order valence-electron chi connectivity index (χ1n) is 17.4. The number of esters is 2. The van der Waals surface area contributed by atoms with Crippen molar-refractivity contribution in [3.63, 3.8) is 0 Å². The molecule has 0 radical (unpaired) electrons. The van der Waals surface area contributed by atoms with Crippen LogP contribution in [0.2, 0.25) is 0 Å². The fourth-order valence-electron chi connectivity index (χ4n) is 9.20. The van der Waals surface area contributed by atoms with Gasteiger partial charge in [0.1, 0.15) is 23.5 Å². The van der Waals surface area contributed by atoms with Crippen molar-refractivity contribution in [2.24, 2.45) is 35.5 Å². The molecule has 9 atom stereocenters. The highest BCUT2D eigenvalue weighted by atomic mass is 16.5. The quantitative estimate of drug-likeness (QED) is 0.237. The van der Waals surface area contributed by atoms with Crippen LogP contribution >= 0.6 is 0 Å². The third-order valence-electron chi connectivity index (χ3n) is 11.7. The highest BCUT2D eigenvalue weighted by molar-refractivity contribution is 5.94. The van der Waals surface area contributed by atoms with E-state index in [0.29, 0.717) is 35.5 Å². The van der Waals surface area contributed by atoms with Crippen LogP contribution in [-0.4, -0.2) is 24.1 Å². The van der Waals surface area contributed by atoms with Crippen LogP contribution in [0.3, 0.4) is 0 Å². The molecule has 6 rings (SSSR count). The zero-order valence-corrected chi connectivity index (χ0v) is 27.6. The highest BCUT2D eigenvalue weighted by Crippen LogP contribution is 2.56. The second-order valence-corrected chi connectivity index (χ2v) is 15.3. The van der Waals surface area contributed by atoms with E-state index in [0.717, 1.165) is 54.4 Å². The molecule has 0 unspecified atom stereocenters. The normalized spacial score (nSPS) is 34.5. The van der Waals surface area contributed by atoms with Crippen LogP contribution in [0.1, 0.15) is 114 Å². The van der Waals surface area contributed by atoms with E-state index in [9.17, 15) is 9.59 Å². The summed E-state index contributed by atoms with van der Waals surface area (Å²) in [5, 5.41) is 0. The van der Waals surface area contributed by atoms with Crippen LogP contribution in [-0.2, 0) is 30.9 Å². The van der Waals surface area contributed by atoms with Crippen LogP contribution in [0.15, 0.2) is 60.7 Å². The maximum atomic E-state index is 14.8. The standard InChI is InChI=1S/C40H52O4/c1-24(2)30-17-15-26(5)21-35(30)43-38(41)33-19-20-40(39(42)44-36-22-27(6)16-18-31(36)25(3)4)34(28-11-8-7-9-12-28)23-29-13-10-14-32(33)37(29)40/h7-14,19-20,24-27,30-31,33-36H,15-18,21-23H2,1-6H3/t26-,27-,30+,31+,33-,34+,35-,36-,40+/m1/s1. The Hall–Kier alpha value is -2.88. The lowest BCUT2D eigenvalue weighted by molar-refractivity contribution is -0.162. The van der Waals surface area contributed by atoms with Gasteiger partial charge in [0.25, 0.3) is 0 Å². The van der Waals surface area contributed by atoms with E-state index in [1.165, 1.54) is 12.8 Å². The van der Waals surface area contributed by atoms with Crippen molar-refractivity contribution < 1.29 is 19.1 Å². The number of ether oxygens (including phenoxy) is 2. The van der Waals surface area contributed by atoms with Gasteiger partial charge in [-0.1, -0.05) is 115 Å². The summed E-state index contributed by atoms with van der Waals surface area (Å²) < 4.78 is 13.1. The predicted octanol–water partition coefficient (Wildman–Crippen LogP) is 8.93. The number of carbonyl (C=O) groups is 2. The molecule has 0 saturated heterocycles. The third-order valence-corrected chi connectivity index (χ3v) is 11.7. The van der Waals surface area contributed by atoms with Gasteiger partial charge in [0.05, 0.1) is 0 Å². The Morgan fingerprint density at radius 2 is 1.39 bits per heavy atom. The summed E-state index contributed by atoms with van der Waals surface area (Å²) >= 11 is 0. The average Bonchev–Trinajstić information content (AvgIpc) is 3.34. The highest BCUT2D eigenvalue weighted by Gasteiger charge is 2.57. The van der Waals surface area contributed by atoms with Gasteiger partial charge >= 0.3 is 11.9 Å². The van der Waals surface area contributed by atoms with Crippen molar-refractivity contribution in [2.45, 2.75) is 116 Å². The molecule has 2 aromatic rings. The van der Waals surface area contributed by atoms with Crippen LogP contribution in [0.25, 0.3) is 0 Å². The van der Waals surface area contributed by atoms with Crippen molar-refractivity contribution >= 4 is 11.9 Å². The lowest BCUT2D eigenvalue weighted by atomic mass is 9.66. The topological polar surface area (TPSA) is 52.6 Å². The molecule has 0 amide bonds. The molecule has 4 nitrogen and oxygen atoms in total. The van der Waals surface area contributed by atoms with E-state index in [2.05, 4.69) is 71.9 Å². The molecular formula is C40H52O4. The van der Waals surface area contributed by atoms with Crippen molar-refractivity contribution in [1.29, 1.82) is 0 Å². The Bertz CT molecular complexity index is 1370. The second kappa shape index (κ2) is 12.5. The van der Waals surface area contributed by atoms with E-state index in [4.69, 9.17) is 9.47 Å². The van der Waals surface area contributed by atoms with E-state index >= 15 is 0 Å². The molecule has 2 saturated carbocycles. The molecule has 2 aromatic carbocycles.